The summed E-state index contributed by atoms with van der Waals surface area (Å²) >= 11 is 0. The van der Waals surface area contributed by atoms with Crippen LogP contribution in [-0.2, 0) is 0 Å². The number of H-pyrrole nitrogens is 1. The number of nitrogens with one attached hydrogen (secondary N) is 1. The van der Waals surface area contributed by atoms with Crippen LogP contribution < -0.4 is 10.5 Å². The summed E-state index contributed by atoms with van der Waals surface area (Å²) in [5.74, 6) is -0.291. The van der Waals surface area contributed by atoms with Crippen LogP contribution in [0, 0.1) is 17.1 Å². The molecule has 0 bridgehead atoms. The van der Waals surface area contributed by atoms with E-state index in [0.29, 0.717) is 23.0 Å². The average Bonchev–Trinajstić information content (AvgIpc) is 3.34. The zero-order valence-electron chi connectivity index (χ0n) is 18.9. The highest BCUT2D eigenvalue weighted by Gasteiger charge is 2.25. The number of nitriles is 1. The van der Waals surface area contributed by atoms with Gasteiger partial charge in [-0.2, -0.15) is 5.26 Å². The molecule has 1 fully saturated rings. The van der Waals surface area contributed by atoms with Crippen molar-refractivity contribution in [2.45, 2.75) is 18.9 Å². The molecule has 2 aromatic heterocycles. The molecule has 7 heteroatoms. The van der Waals surface area contributed by atoms with Crippen molar-refractivity contribution in [3.05, 3.63) is 94.8 Å². The highest BCUT2D eigenvalue weighted by molar-refractivity contribution is 5.99. The third-order valence-electron chi connectivity index (χ3n) is 6.87. The molecule has 0 saturated carbocycles. The van der Waals surface area contributed by atoms with Gasteiger partial charge in [0.25, 0.3) is 5.56 Å². The predicted octanol–water partition coefficient (Wildman–Crippen LogP) is 5.40. The maximum Gasteiger partial charge on any atom is 0.261 e. The molecule has 6 nitrogen and oxygen atoms in total. The Morgan fingerprint density at radius 3 is 2.71 bits per heavy atom. The Labute approximate surface area is 200 Å². The molecule has 0 spiro atoms. The van der Waals surface area contributed by atoms with Crippen LogP contribution in [0.3, 0.4) is 0 Å². The Balaban J connectivity index is 1.40. The van der Waals surface area contributed by atoms with E-state index in [0.717, 1.165) is 47.2 Å². The van der Waals surface area contributed by atoms with Crippen molar-refractivity contribution in [1.82, 2.24) is 14.5 Å². The molecule has 172 valence electrons. The summed E-state index contributed by atoms with van der Waals surface area (Å²) < 4.78 is 15.2. The van der Waals surface area contributed by atoms with Crippen LogP contribution in [0.25, 0.3) is 33.1 Å². The van der Waals surface area contributed by atoms with Crippen LogP contribution in [-0.4, -0.2) is 27.6 Å². The first kappa shape index (κ1) is 21.1. The molecule has 0 amide bonds. The highest BCUT2D eigenvalue weighted by atomic mass is 19.1. The first-order valence-corrected chi connectivity index (χ1v) is 11.6. The Hall–Kier alpha value is -4.44. The smallest absolute Gasteiger partial charge is 0.261 e. The number of hydrogen-bond donors (Lipinski definition) is 1. The van der Waals surface area contributed by atoms with Gasteiger partial charge in [-0.05, 0) is 73.0 Å². The van der Waals surface area contributed by atoms with E-state index in [1.165, 1.54) is 12.1 Å². The number of nitrogens with zero attached hydrogens (tertiary/aromatic N) is 4. The van der Waals surface area contributed by atoms with Gasteiger partial charge < -0.3 is 9.88 Å². The Morgan fingerprint density at radius 1 is 1.06 bits per heavy atom. The lowest BCUT2D eigenvalue weighted by molar-refractivity contribution is 0.395. The molecule has 3 heterocycles. The summed E-state index contributed by atoms with van der Waals surface area (Å²) in [7, 11) is 0. The lowest BCUT2D eigenvalue weighted by Crippen LogP contribution is -2.40. The van der Waals surface area contributed by atoms with E-state index in [1.807, 2.05) is 42.5 Å². The van der Waals surface area contributed by atoms with Crippen LogP contribution in [0.4, 0.5) is 10.1 Å². The number of hydrogen-bond acceptors (Lipinski definition) is 4. The van der Waals surface area contributed by atoms with Crippen LogP contribution in [0.1, 0.15) is 24.4 Å². The number of rotatable bonds is 3. The summed E-state index contributed by atoms with van der Waals surface area (Å²) in [6.07, 6.45) is 3.49. The Kier molecular flexibility index (Phi) is 5.07. The largest absolute Gasteiger partial charge is 0.369 e. The zero-order valence-corrected chi connectivity index (χ0v) is 18.9. The lowest BCUT2D eigenvalue weighted by Gasteiger charge is -2.35. The van der Waals surface area contributed by atoms with Gasteiger partial charge in [0.1, 0.15) is 11.9 Å². The zero-order chi connectivity index (χ0) is 23.9. The molecule has 1 aliphatic heterocycles. The fourth-order valence-corrected chi connectivity index (χ4v) is 5.10. The molecule has 1 saturated heterocycles. The molecule has 1 atom stereocenters. The van der Waals surface area contributed by atoms with Gasteiger partial charge in [-0.15, -0.1) is 0 Å². The van der Waals surface area contributed by atoms with E-state index >= 15 is 0 Å². The van der Waals surface area contributed by atoms with Crippen LogP contribution in [0.2, 0.25) is 0 Å². The molecule has 3 aromatic carbocycles. The van der Waals surface area contributed by atoms with Gasteiger partial charge >= 0.3 is 0 Å². The second-order valence-electron chi connectivity index (χ2n) is 8.94. The standard InChI is InChI=1S/C28H22FN5O/c29-20-10-7-18(8-11-20)25-14-23-26(12-9-19(15-30)27(23)32-25)33-13-3-4-21(16-33)34-17-31-24-6-2-1-5-22(24)28(34)35/h1-2,5-12,14,17,21,32H,3-4,13,16H2. The van der Waals surface area contributed by atoms with E-state index < -0.39 is 0 Å². The van der Waals surface area contributed by atoms with Crippen molar-refractivity contribution in [2.24, 2.45) is 0 Å². The minimum atomic E-state index is -0.291. The van der Waals surface area contributed by atoms with Gasteiger partial charge in [0, 0.05) is 29.9 Å². The maximum atomic E-state index is 13.4. The third-order valence-corrected chi connectivity index (χ3v) is 6.87. The van der Waals surface area contributed by atoms with Gasteiger partial charge in [0.15, 0.2) is 0 Å². The second-order valence-corrected chi connectivity index (χ2v) is 8.94. The number of aromatic nitrogens is 3. The van der Waals surface area contributed by atoms with Crippen molar-refractivity contribution in [3.63, 3.8) is 0 Å². The van der Waals surface area contributed by atoms with Crippen LogP contribution in [0.5, 0.6) is 0 Å². The fraction of sp³-hybridized carbons (Fsp3) is 0.179. The van der Waals surface area contributed by atoms with E-state index in [2.05, 4.69) is 20.9 Å². The van der Waals surface area contributed by atoms with E-state index in [4.69, 9.17) is 0 Å². The monoisotopic (exact) mass is 463 g/mol. The average molecular weight is 464 g/mol. The molecule has 35 heavy (non-hydrogen) atoms. The Bertz CT molecular complexity index is 1660. The SMILES string of the molecule is N#Cc1ccc(N2CCCC(n3cnc4ccccc4c3=O)C2)c2cc(-c3ccc(F)cc3)[nH]c12. The van der Waals surface area contributed by atoms with Crippen LogP contribution in [0.15, 0.2) is 77.9 Å². The number of halogens is 1. The topological polar surface area (TPSA) is 77.7 Å². The quantitative estimate of drug-likeness (QED) is 0.389. The van der Waals surface area contributed by atoms with Crippen molar-refractivity contribution in [3.8, 4) is 17.3 Å². The van der Waals surface area contributed by atoms with E-state index in [9.17, 15) is 14.4 Å². The molecule has 5 aromatic rings. The number of para-hydroxylation sites is 1. The number of piperidine rings is 1. The second kappa shape index (κ2) is 8.41. The van der Waals surface area contributed by atoms with Crippen molar-refractivity contribution in [2.75, 3.05) is 18.0 Å². The number of aromatic amines is 1. The van der Waals surface area contributed by atoms with Gasteiger partial charge in [0.2, 0.25) is 0 Å². The molecule has 1 aliphatic rings. The third kappa shape index (κ3) is 3.64. The van der Waals surface area contributed by atoms with Crippen molar-refractivity contribution >= 4 is 27.5 Å². The van der Waals surface area contributed by atoms with Gasteiger partial charge in [-0.1, -0.05) is 12.1 Å². The van der Waals surface area contributed by atoms with E-state index in [-0.39, 0.29) is 17.4 Å². The minimum absolute atomic E-state index is 0.00504. The first-order chi connectivity index (χ1) is 17.1. The molecule has 6 rings (SSSR count). The number of fused-ring (bicyclic) bond motifs is 2. The van der Waals surface area contributed by atoms with Crippen molar-refractivity contribution in [1.29, 1.82) is 5.26 Å². The highest BCUT2D eigenvalue weighted by Crippen LogP contribution is 2.36. The summed E-state index contributed by atoms with van der Waals surface area (Å²) in [5.41, 5.74) is 4.69. The predicted molar refractivity (Wildman–Crippen MR) is 135 cm³/mol. The molecule has 1 N–H and O–H groups in total. The maximum absolute atomic E-state index is 13.4. The molecule has 0 aliphatic carbocycles. The van der Waals surface area contributed by atoms with Gasteiger partial charge in [-0.25, -0.2) is 9.37 Å². The summed E-state index contributed by atoms with van der Waals surface area (Å²) in [6, 6.07) is 21.8. The lowest BCUT2D eigenvalue weighted by atomic mass is 10.0. The molecule has 1 unspecified atom stereocenters. The number of anilines is 1. The van der Waals surface area contributed by atoms with Crippen LogP contribution >= 0.6 is 0 Å². The summed E-state index contributed by atoms with van der Waals surface area (Å²) in [4.78, 5) is 23.3. The summed E-state index contributed by atoms with van der Waals surface area (Å²) in [6.45, 7) is 1.52. The molecular formula is C28H22FN5O. The van der Waals surface area contributed by atoms with Gasteiger partial charge in [0.05, 0.1) is 34.4 Å². The minimum Gasteiger partial charge on any atom is -0.369 e. The number of benzene rings is 3. The molecule has 0 radical (unpaired) electrons. The summed E-state index contributed by atoms with van der Waals surface area (Å²) in [5, 5.41) is 11.2. The molecular weight excluding hydrogens is 441 g/mol. The fourth-order valence-electron chi connectivity index (χ4n) is 5.10. The van der Waals surface area contributed by atoms with Gasteiger partial charge in [-0.3, -0.25) is 9.36 Å². The van der Waals surface area contributed by atoms with Crippen molar-refractivity contribution < 1.29 is 4.39 Å². The Morgan fingerprint density at radius 2 is 1.89 bits per heavy atom. The van der Waals surface area contributed by atoms with E-state index in [1.54, 1.807) is 23.0 Å². The first-order valence-electron chi connectivity index (χ1n) is 11.6. The normalized spacial score (nSPS) is 16.0.